The molecule has 46 heavy (non-hydrogen) atoms. The van der Waals surface area contributed by atoms with Gasteiger partial charge in [0, 0.05) is 55.5 Å². The van der Waals surface area contributed by atoms with Gasteiger partial charge in [0.2, 0.25) is 5.78 Å². The van der Waals surface area contributed by atoms with Gasteiger partial charge in [-0.1, -0.05) is 26.2 Å². The Morgan fingerprint density at radius 2 is 2.07 bits per heavy atom. The van der Waals surface area contributed by atoms with Crippen molar-refractivity contribution in [3.63, 3.8) is 0 Å². The number of Topliss-reactive ketones (excluding diaryl/α,β-unsaturated/α-hetero) is 1. The summed E-state index contributed by atoms with van der Waals surface area (Å²) >= 11 is 0. The highest BCUT2D eigenvalue weighted by molar-refractivity contribution is 5.95. The molecule has 5 rings (SSSR count). The number of fused-ring (bicyclic) bond motifs is 2. The number of ketones is 1. The molecule has 2 aliphatic heterocycles. The lowest BCUT2D eigenvalue weighted by Gasteiger charge is -2.25. The van der Waals surface area contributed by atoms with Crippen LogP contribution in [0.15, 0.2) is 65.9 Å². The van der Waals surface area contributed by atoms with Gasteiger partial charge in [0.25, 0.3) is 0 Å². The number of aromatic nitrogens is 2. The Kier molecular flexibility index (Phi) is 13.7. The standard InChI is InChI=1S/C30H36N6O2.C5H6O.C2H2/c1-5-7-12-35-18-21(3)19-37-29-17-26-25(16-27(29)35)30(32-20-31-26)34-23-8-9-28(22(4)15-23)38-24-10-13-36(14-11-24)33-6-2;1-3-4-5(2)6;1-2/h6,8-11,13,15-17,20-21H,5,7,12,14,18-19H2,1-4H3,(H,31,32,34);1-2H3;1-2H/b33-6-;;. The summed E-state index contributed by atoms with van der Waals surface area (Å²) in [6.07, 6.45) is 19.5. The highest BCUT2D eigenvalue weighted by atomic mass is 16.5. The van der Waals surface area contributed by atoms with Gasteiger partial charge in [0.1, 0.15) is 29.4 Å². The quantitative estimate of drug-likeness (QED) is 0.160. The molecule has 1 unspecified atom stereocenters. The van der Waals surface area contributed by atoms with Crippen molar-refractivity contribution in [3.05, 3.63) is 66.3 Å². The second-order valence-electron chi connectivity index (χ2n) is 10.8. The minimum Gasteiger partial charge on any atom is -0.491 e. The number of anilines is 3. The number of carbonyl (C=O) groups excluding carboxylic acids is 1. The van der Waals surface area contributed by atoms with Gasteiger partial charge in [0.15, 0.2) is 0 Å². The fourth-order valence-electron chi connectivity index (χ4n) is 4.92. The van der Waals surface area contributed by atoms with Gasteiger partial charge in [-0.05, 0) is 75.1 Å². The summed E-state index contributed by atoms with van der Waals surface area (Å²) < 4.78 is 12.3. The predicted molar refractivity (Wildman–Crippen MR) is 189 cm³/mol. The Bertz CT molecular complexity index is 1660. The molecule has 1 atom stereocenters. The number of hydrogen-bond donors (Lipinski definition) is 1. The molecule has 0 saturated carbocycles. The van der Waals surface area contributed by atoms with E-state index in [0.717, 1.165) is 76.8 Å². The van der Waals surface area contributed by atoms with Crippen LogP contribution in [0.4, 0.5) is 17.2 Å². The SMILES string of the molecule is C#C.C/C=N\N1C=CC(Oc2ccc(Nc3ncnc4cc5c(cc34)N(CCCC)CC(C)CO5)cc2C)=CC1.CC#CC(C)=O. The average molecular weight is 621 g/mol. The van der Waals surface area contributed by atoms with Crippen LogP contribution in [0.25, 0.3) is 10.9 Å². The summed E-state index contributed by atoms with van der Waals surface area (Å²) in [4.78, 5) is 21.5. The highest BCUT2D eigenvalue weighted by Gasteiger charge is 2.22. The number of carbonyl (C=O) groups is 1. The van der Waals surface area contributed by atoms with Crippen molar-refractivity contribution in [2.24, 2.45) is 11.0 Å². The molecule has 0 aliphatic carbocycles. The third-order valence-corrected chi connectivity index (χ3v) is 7.01. The van der Waals surface area contributed by atoms with Crippen LogP contribution >= 0.6 is 0 Å². The van der Waals surface area contributed by atoms with E-state index < -0.39 is 0 Å². The van der Waals surface area contributed by atoms with Crippen molar-refractivity contribution in [1.29, 1.82) is 0 Å². The monoisotopic (exact) mass is 620 g/mol. The molecule has 2 aromatic carbocycles. The molecule has 3 heterocycles. The van der Waals surface area contributed by atoms with Gasteiger partial charge >= 0.3 is 0 Å². The highest BCUT2D eigenvalue weighted by Crippen LogP contribution is 2.38. The summed E-state index contributed by atoms with van der Waals surface area (Å²) in [6.45, 7) is 14.9. The molecule has 2 aliphatic rings. The lowest BCUT2D eigenvalue weighted by molar-refractivity contribution is -0.111. The van der Waals surface area contributed by atoms with E-state index in [9.17, 15) is 4.79 Å². The van der Waals surface area contributed by atoms with Crippen LogP contribution in [0.3, 0.4) is 0 Å². The topological polar surface area (TPSA) is 92.2 Å². The zero-order valence-electron chi connectivity index (χ0n) is 27.7. The number of ether oxygens (including phenoxy) is 2. The Hall–Kier alpha value is -5.28. The Balaban J connectivity index is 0.000000648. The number of terminal acetylenes is 1. The summed E-state index contributed by atoms with van der Waals surface area (Å²) in [7, 11) is 0. The van der Waals surface area contributed by atoms with Crippen molar-refractivity contribution in [2.45, 2.75) is 54.4 Å². The first-order chi connectivity index (χ1) is 22.3. The van der Waals surface area contributed by atoms with Gasteiger partial charge < -0.3 is 19.7 Å². The zero-order chi connectivity index (χ0) is 33.5. The van der Waals surface area contributed by atoms with Crippen LogP contribution in [0.5, 0.6) is 11.5 Å². The van der Waals surface area contributed by atoms with Crippen LogP contribution < -0.4 is 19.7 Å². The van der Waals surface area contributed by atoms with Crippen molar-refractivity contribution in [3.8, 4) is 36.2 Å². The van der Waals surface area contributed by atoms with Crippen LogP contribution in [0, 0.1) is 37.5 Å². The van der Waals surface area contributed by atoms with Crippen molar-refractivity contribution in [1.82, 2.24) is 15.0 Å². The van der Waals surface area contributed by atoms with E-state index in [4.69, 9.17) is 9.47 Å². The van der Waals surface area contributed by atoms with E-state index in [1.807, 2.05) is 49.3 Å². The number of aryl methyl sites for hydroxylation is 1. The summed E-state index contributed by atoms with van der Waals surface area (Å²) in [5.74, 6) is 8.47. The molecule has 0 saturated heterocycles. The molecule has 0 fully saturated rings. The van der Waals surface area contributed by atoms with Crippen molar-refractivity contribution >= 4 is 40.1 Å². The maximum absolute atomic E-state index is 9.87. The first-order valence-electron chi connectivity index (χ1n) is 15.4. The molecule has 0 bridgehead atoms. The van der Waals surface area contributed by atoms with Gasteiger partial charge in [-0.3, -0.25) is 9.80 Å². The minimum absolute atomic E-state index is 0.0718. The van der Waals surface area contributed by atoms with E-state index in [-0.39, 0.29) is 5.78 Å². The fraction of sp³-hybridized carbons (Fsp3) is 0.351. The Morgan fingerprint density at radius 3 is 2.70 bits per heavy atom. The van der Waals surface area contributed by atoms with Gasteiger partial charge in [0.05, 0.1) is 24.4 Å². The largest absolute Gasteiger partial charge is 0.491 e. The summed E-state index contributed by atoms with van der Waals surface area (Å²) in [5.41, 5.74) is 3.94. The van der Waals surface area contributed by atoms with Crippen LogP contribution in [0.1, 0.15) is 53.0 Å². The van der Waals surface area contributed by atoms with Crippen molar-refractivity contribution in [2.75, 3.05) is 36.5 Å². The molecule has 3 aromatic rings. The molecule has 0 spiro atoms. The molecule has 1 aromatic heterocycles. The van der Waals surface area contributed by atoms with Crippen LogP contribution in [-0.2, 0) is 4.79 Å². The third kappa shape index (κ3) is 9.87. The van der Waals surface area contributed by atoms with E-state index in [2.05, 4.69) is 82.0 Å². The first kappa shape index (κ1) is 35.2. The number of rotatable bonds is 8. The number of unbranched alkanes of at least 4 members (excludes halogenated alkanes) is 1. The second kappa shape index (κ2) is 17.9. The number of hydrogen-bond acceptors (Lipinski definition) is 9. The molecular weight excluding hydrogens is 576 g/mol. The number of benzene rings is 2. The Morgan fingerprint density at radius 1 is 1.26 bits per heavy atom. The molecule has 240 valence electrons. The summed E-state index contributed by atoms with van der Waals surface area (Å²) in [6, 6.07) is 10.3. The summed E-state index contributed by atoms with van der Waals surface area (Å²) in [5, 5.41) is 10.6. The number of nitrogens with one attached hydrogen (secondary N) is 1. The van der Waals surface area contributed by atoms with E-state index >= 15 is 0 Å². The second-order valence-corrected chi connectivity index (χ2v) is 10.8. The van der Waals surface area contributed by atoms with Crippen LogP contribution in [0.2, 0.25) is 0 Å². The number of allylic oxidation sites excluding steroid dienone is 1. The number of hydrazone groups is 1. The normalized spacial score (nSPS) is 15.0. The molecule has 0 amide bonds. The smallest absolute Gasteiger partial charge is 0.202 e. The lowest BCUT2D eigenvalue weighted by Crippen LogP contribution is -2.29. The first-order valence-corrected chi connectivity index (χ1v) is 15.4. The fourth-order valence-corrected chi connectivity index (χ4v) is 4.92. The minimum atomic E-state index is -0.0718. The number of nitrogens with zero attached hydrogens (tertiary/aromatic N) is 5. The van der Waals surface area contributed by atoms with E-state index in [0.29, 0.717) is 19.1 Å². The van der Waals surface area contributed by atoms with Crippen LogP contribution in [-0.4, -0.2) is 53.2 Å². The maximum Gasteiger partial charge on any atom is 0.202 e. The van der Waals surface area contributed by atoms with E-state index in [1.54, 1.807) is 19.5 Å². The molecule has 0 radical (unpaired) electrons. The molecule has 9 nitrogen and oxygen atoms in total. The van der Waals surface area contributed by atoms with Crippen molar-refractivity contribution < 1.29 is 14.3 Å². The van der Waals surface area contributed by atoms with Gasteiger partial charge in [-0.2, -0.15) is 5.10 Å². The molecular formula is C37H44N6O3. The van der Waals surface area contributed by atoms with E-state index in [1.165, 1.54) is 6.92 Å². The lowest BCUT2D eigenvalue weighted by atomic mass is 10.1. The average Bonchev–Trinajstić information content (AvgIpc) is 3.20. The molecule has 1 N–H and O–H groups in total. The maximum atomic E-state index is 9.87. The zero-order valence-corrected chi connectivity index (χ0v) is 27.7. The van der Waals surface area contributed by atoms with Gasteiger partial charge in [-0.15, -0.1) is 12.8 Å². The Labute approximate surface area is 273 Å². The van der Waals surface area contributed by atoms with Gasteiger partial charge in [-0.25, -0.2) is 9.97 Å². The third-order valence-electron chi connectivity index (χ3n) is 7.01. The molecule has 9 heteroatoms. The predicted octanol–water partition coefficient (Wildman–Crippen LogP) is 7.26.